The first-order chi connectivity index (χ1) is 16.8. The molecule has 0 unspecified atom stereocenters. The first-order valence-corrected chi connectivity index (χ1v) is 13.6. The number of hydrogen-bond donors (Lipinski definition) is 1. The first kappa shape index (κ1) is 22.7. The number of methoxy groups -OCH3 is 2. The van der Waals surface area contributed by atoms with Crippen LogP contribution in [-0.4, -0.2) is 76.6 Å². The van der Waals surface area contributed by atoms with Gasteiger partial charge in [0.25, 0.3) is 0 Å². The van der Waals surface area contributed by atoms with Crippen LogP contribution in [0.5, 0.6) is 11.5 Å². The Morgan fingerprint density at radius 1 is 0.971 bits per heavy atom. The van der Waals surface area contributed by atoms with Crippen LogP contribution in [0.1, 0.15) is 24.1 Å². The van der Waals surface area contributed by atoms with E-state index >= 15 is 0 Å². The van der Waals surface area contributed by atoms with E-state index in [0.717, 1.165) is 67.1 Å². The highest BCUT2D eigenvalue weighted by atomic mass is 32.2. The SMILES string of the molecule is COc1ccc2[nH]c3c(c2c1)C1(CC1)CN(S(=O)(=O)c1ccc(OC)c(N2CCN(C)CC2)c1)C3. The number of hydrogen-bond acceptors (Lipinski definition) is 6. The van der Waals surface area contributed by atoms with Gasteiger partial charge in [0.1, 0.15) is 11.5 Å². The molecule has 2 aliphatic heterocycles. The van der Waals surface area contributed by atoms with Crippen molar-refractivity contribution in [3.8, 4) is 11.5 Å². The molecule has 9 heteroatoms. The van der Waals surface area contributed by atoms with Gasteiger partial charge in [0.2, 0.25) is 10.0 Å². The third-order valence-electron chi connectivity index (χ3n) is 7.91. The number of piperazine rings is 1. The van der Waals surface area contributed by atoms with Crippen LogP contribution < -0.4 is 14.4 Å². The largest absolute Gasteiger partial charge is 0.497 e. The highest BCUT2D eigenvalue weighted by molar-refractivity contribution is 7.89. The van der Waals surface area contributed by atoms with Crippen LogP contribution in [0.2, 0.25) is 0 Å². The number of aromatic nitrogens is 1. The molecule has 3 aromatic rings. The summed E-state index contributed by atoms with van der Waals surface area (Å²) in [6, 6.07) is 11.3. The third kappa shape index (κ3) is 3.68. The van der Waals surface area contributed by atoms with Crippen LogP contribution in [-0.2, 0) is 22.0 Å². The molecule has 3 aliphatic rings. The lowest BCUT2D eigenvalue weighted by atomic mass is 9.90. The zero-order valence-electron chi connectivity index (χ0n) is 20.5. The maximum atomic E-state index is 13.9. The Hall–Kier alpha value is -2.75. The van der Waals surface area contributed by atoms with Gasteiger partial charge in [0, 0.05) is 54.7 Å². The van der Waals surface area contributed by atoms with Crippen molar-refractivity contribution in [2.24, 2.45) is 0 Å². The van der Waals surface area contributed by atoms with Crippen molar-refractivity contribution in [2.45, 2.75) is 29.7 Å². The second-order valence-corrected chi connectivity index (χ2v) is 12.0. The van der Waals surface area contributed by atoms with E-state index in [1.165, 1.54) is 5.56 Å². The maximum Gasteiger partial charge on any atom is 0.243 e. The van der Waals surface area contributed by atoms with Crippen molar-refractivity contribution in [2.75, 3.05) is 58.9 Å². The van der Waals surface area contributed by atoms with Gasteiger partial charge in [-0.25, -0.2) is 8.42 Å². The van der Waals surface area contributed by atoms with Crippen LogP contribution in [0.25, 0.3) is 10.9 Å². The Labute approximate surface area is 206 Å². The molecule has 1 aliphatic carbocycles. The topological polar surface area (TPSA) is 78.1 Å². The molecular weight excluding hydrogens is 464 g/mol. The molecule has 2 aromatic carbocycles. The fourth-order valence-electron chi connectivity index (χ4n) is 5.73. The number of nitrogens with one attached hydrogen (secondary N) is 1. The Bertz CT molecular complexity index is 1390. The van der Waals surface area contributed by atoms with Crippen LogP contribution in [0.4, 0.5) is 5.69 Å². The van der Waals surface area contributed by atoms with E-state index in [4.69, 9.17) is 9.47 Å². The molecule has 1 spiro atoms. The Morgan fingerprint density at radius 3 is 2.43 bits per heavy atom. The van der Waals surface area contributed by atoms with E-state index in [1.54, 1.807) is 36.7 Å². The number of anilines is 1. The number of benzene rings is 2. The van der Waals surface area contributed by atoms with Crippen molar-refractivity contribution >= 4 is 26.6 Å². The molecule has 186 valence electrons. The summed E-state index contributed by atoms with van der Waals surface area (Å²) in [5.74, 6) is 1.53. The quantitative estimate of drug-likeness (QED) is 0.585. The van der Waals surface area contributed by atoms with Gasteiger partial charge in [-0.1, -0.05) is 0 Å². The van der Waals surface area contributed by atoms with Crippen molar-refractivity contribution in [1.82, 2.24) is 14.2 Å². The summed E-state index contributed by atoms with van der Waals surface area (Å²) in [4.78, 5) is 8.33. The summed E-state index contributed by atoms with van der Waals surface area (Å²) in [7, 11) is 1.73. The van der Waals surface area contributed by atoms with Crippen molar-refractivity contribution in [3.63, 3.8) is 0 Å². The molecular formula is C26H32N4O4S. The van der Waals surface area contributed by atoms with Crippen molar-refractivity contribution in [1.29, 1.82) is 0 Å². The second kappa shape index (κ2) is 8.15. The molecule has 0 atom stereocenters. The average Bonchev–Trinajstić information content (AvgIpc) is 3.52. The molecule has 1 N–H and O–H groups in total. The lowest BCUT2D eigenvalue weighted by Crippen LogP contribution is -2.44. The molecule has 0 radical (unpaired) electrons. The molecule has 3 heterocycles. The van der Waals surface area contributed by atoms with Crippen LogP contribution in [0.15, 0.2) is 41.3 Å². The fraction of sp³-hybridized carbons (Fsp3) is 0.462. The number of rotatable bonds is 5. The minimum atomic E-state index is -3.69. The lowest BCUT2D eigenvalue weighted by molar-refractivity contribution is 0.311. The zero-order valence-corrected chi connectivity index (χ0v) is 21.3. The Kier molecular flexibility index (Phi) is 5.28. The van der Waals surface area contributed by atoms with Gasteiger partial charge in [0.15, 0.2) is 0 Å². The normalized spacial score (nSPS) is 20.3. The molecule has 1 saturated carbocycles. The van der Waals surface area contributed by atoms with Crippen LogP contribution >= 0.6 is 0 Å². The fourth-order valence-corrected chi connectivity index (χ4v) is 7.24. The smallest absolute Gasteiger partial charge is 0.243 e. The minimum Gasteiger partial charge on any atom is -0.497 e. The maximum absolute atomic E-state index is 13.9. The number of likely N-dealkylation sites (N-methyl/N-ethyl adjacent to an activating group) is 1. The summed E-state index contributed by atoms with van der Waals surface area (Å²) in [6.45, 7) is 4.39. The summed E-state index contributed by atoms with van der Waals surface area (Å²) in [5, 5.41) is 1.15. The molecule has 1 aromatic heterocycles. The summed E-state index contributed by atoms with van der Waals surface area (Å²) < 4.78 is 40.6. The van der Waals surface area contributed by atoms with Gasteiger partial charge in [-0.3, -0.25) is 0 Å². The van der Waals surface area contributed by atoms with Gasteiger partial charge in [-0.05, 0) is 61.9 Å². The standard InChI is InChI=1S/C26H32N4O4S/c1-28-10-12-29(13-11-28)23-15-19(5-7-24(23)34-3)35(31,32)30-16-22-25(26(17-30)8-9-26)20-14-18(33-2)4-6-21(20)27-22/h4-7,14-15,27H,8-13,16-17H2,1-3H3. The van der Waals surface area contributed by atoms with Gasteiger partial charge in [-0.2, -0.15) is 4.31 Å². The van der Waals surface area contributed by atoms with E-state index < -0.39 is 10.0 Å². The molecule has 6 rings (SSSR count). The molecule has 0 amide bonds. The summed E-state index contributed by atoms with van der Waals surface area (Å²) >= 11 is 0. The highest BCUT2D eigenvalue weighted by Gasteiger charge is 2.53. The van der Waals surface area contributed by atoms with Gasteiger partial charge in [0.05, 0.1) is 31.3 Å². The van der Waals surface area contributed by atoms with E-state index in [2.05, 4.69) is 27.9 Å². The molecule has 8 nitrogen and oxygen atoms in total. The monoisotopic (exact) mass is 496 g/mol. The van der Waals surface area contributed by atoms with Crippen molar-refractivity contribution < 1.29 is 17.9 Å². The van der Waals surface area contributed by atoms with E-state index in [1.807, 2.05) is 12.1 Å². The average molecular weight is 497 g/mol. The number of nitrogens with zero attached hydrogens (tertiary/aromatic N) is 3. The molecule has 1 saturated heterocycles. The predicted octanol–water partition coefficient (Wildman–Crippen LogP) is 3.17. The number of aromatic amines is 1. The first-order valence-electron chi connectivity index (χ1n) is 12.2. The van der Waals surface area contributed by atoms with Gasteiger partial charge >= 0.3 is 0 Å². The number of fused-ring (bicyclic) bond motifs is 4. The third-order valence-corrected chi connectivity index (χ3v) is 9.70. The summed E-state index contributed by atoms with van der Waals surface area (Å²) in [5.41, 5.74) is 4.01. The zero-order chi connectivity index (χ0) is 24.4. The van der Waals surface area contributed by atoms with E-state index in [9.17, 15) is 8.42 Å². The lowest BCUT2D eigenvalue weighted by Gasteiger charge is -2.35. The number of ether oxygens (including phenoxy) is 2. The second-order valence-electron chi connectivity index (χ2n) is 10.1. The number of sulfonamides is 1. The van der Waals surface area contributed by atoms with Gasteiger partial charge in [-0.15, -0.1) is 0 Å². The van der Waals surface area contributed by atoms with Crippen LogP contribution in [0.3, 0.4) is 0 Å². The minimum absolute atomic E-state index is 0.127. The number of H-pyrrole nitrogens is 1. The predicted molar refractivity (Wildman–Crippen MR) is 136 cm³/mol. The van der Waals surface area contributed by atoms with E-state index in [-0.39, 0.29) is 5.41 Å². The van der Waals surface area contributed by atoms with Crippen LogP contribution in [0, 0.1) is 0 Å². The highest BCUT2D eigenvalue weighted by Crippen LogP contribution is 2.55. The summed E-state index contributed by atoms with van der Waals surface area (Å²) in [6.07, 6.45) is 1.98. The Morgan fingerprint density at radius 2 is 1.74 bits per heavy atom. The molecule has 35 heavy (non-hydrogen) atoms. The molecule has 0 bridgehead atoms. The van der Waals surface area contributed by atoms with E-state index in [0.29, 0.717) is 23.7 Å². The Balaban J connectivity index is 1.36. The molecule has 2 fully saturated rings. The van der Waals surface area contributed by atoms with Gasteiger partial charge < -0.3 is 24.3 Å². The van der Waals surface area contributed by atoms with Crippen molar-refractivity contribution in [3.05, 3.63) is 47.7 Å².